The Morgan fingerprint density at radius 2 is 1.46 bits per heavy atom. The van der Waals surface area contributed by atoms with Crippen molar-refractivity contribution in [2.24, 2.45) is 0 Å². The van der Waals surface area contributed by atoms with E-state index in [9.17, 15) is 4.79 Å². The van der Waals surface area contributed by atoms with Crippen LogP contribution in [0.5, 0.6) is 5.75 Å². The van der Waals surface area contributed by atoms with E-state index in [1.54, 1.807) is 6.07 Å². The van der Waals surface area contributed by atoms with Gasteiger partial charge in [0.25, 0.3) is 0 Å². The molecule has 0 radical (unpaired) electrons. The lowest BCUT2D eigenvalue weighted by atomic mass is 9.93. The van der Waals surface area contributed by atoms with Gasteiger partial charge < -0.3 is 9.16 Å². The first kappa shape index (κ1) is 20.2. The van der Waals surface area contributed by atoms with Gasteiger partial charge in [0.15, 0.2) is 0 Å². The van der Waals surface area contributed by atoms with E-state index in [4.69, 9.17) is 9.16 Å². The highest BCUT2D eigenvalue weighted by Gasteiger charge is 2.39. The molecule has 0 N–H and O–H groups in total. The minimum atomic E-state index is -1.92. The predicted molar refractivity (Wildman–Crippen MR) is 111 cm³/mol. The first-order chi connectivity index (χ1) is 12.0. The average Bonchev–Trinajstić information content (AvgIpc) is 2.55. The Labute approximate surface area is 158 Å². The van der Waals surface area contributed by atoms with Gasteiger partial charge in [-0.25, -0.2) is 4.79 Å². The van der Waals surface area contributed by atoms with Crippen molar-refractivity contribution in [2.75, 3.05) is 7.11 Å². The summed E-state index contributed by atoms with van der Waals surface area (Å²) in [7, 11) is -0.513. The van der Waals surface area contributed by atoms with Gasteiger partial charge in [-0.2, -0.15) is 0 Å². The lowest BCUT2D eigenvalue weighted by molar-refractivity contribution is 0.0600. The van der Waals surface area contributed by atoms with E-state index in [0.717, 1.165) is 28.0 Å². The third-order valence-electron chi connectivity index (χ3n) is 5.48. The second-order valence-corrected chi connectivity index (χ2v) is 13.0. The van der Waals surface area contributed by atoms with Crippen LogP contribution in [-0.4, -0.2) is 21.4 Å². The van der Waals surface area contributed by atoms with Crippen LogP contribution in [0.3, 0.4) is 0 Å². The van der Waals surface area contributed by atoms with Crippen molar-refractivity contribution in [1.82, 2.24) is 0 Å². The van der Waals surface area contributed by atoms with Crippen LogP contribution in [0, 0.1) is 13.8 Å². The van der Waals surface area contributed by atoms with Gasteiger partial charge in [0.1, 0.15) is 5.75 Å². The molecular weight excluding hydrogens is 340 g/mol. The molecular formula is C22H30O3Si. The Morgan fingerprint density at radius 1 is 0.923 bits per heavy atom. The molecule has 3 nitrogen and oxygen atoms in total. The second-order valence-electron chi connectivity index (χ2n) is 8.26. The maximum absolute atomic E-state index is 12.0. The van der Waals surface area contributed by atoms with Crippen LogP contribution in [0.2, 0.25) is 18.1 Å². The molecule has 0 aliphatic heterocycles. The lowest BCUT2D eigenvalue weighted by Gasteiger charge is -2.37. The minimum Gasteiger partial charge on any atom is -0.543 e. The van der Waals surface area contributed by atoms with Crippen LogP contribution in [0.15, 0.2) is 36.4 Å². The van der Waals surface area contributed by atoms with E-state index in [1.165, 1.54) is 7.11 Å². The Kier molecular flexibility index (Phi) is 5.66. The molecule has 0 saturated heterocycles. The summed E-state index contributed by atoms with van der Waals surface area (Å²) in [6.07, 6.45) is 0. The minimum absolute atomic E-state index is 0.135. The van der Waals surface area contributed by atoms with Crippen molar-refractivity contribution < 1.29 is 14.0 Å². The number of carbonyl (C=O) groups excluding carboxylic acids is 1. The molecule has 0 fully saturated rings. The summed E-state index contributed by atoms with van der Waals surface area (Å²) < 4.78 is 11.5. The topological polar surface area (TPSA) is 35.5 Å². The number of esters is 1. The molecule has 0 saturated carbocycles. The van der Waals surface area contributed by atoms with Gasteiger partial charge in [-0.05, 0) is 66.4 Å². The summed E-state index contributed by atoms with van der Waals surface area (Å²) in [5.74, 6) is 0.618. The summed E-state index contributed by atoms with van der Waals surface area (Å²) in [6.45, 7) is 15.3. The molecule has 0 aliphatic carbocycles. The van der Waals surface area contributed by atoms with E-state index in [2.05, 4.69) is 46.9 Å². The number of hydrogen-bond donors (Lipinski definition) is 0. The summed E-state index contributed by atoms with van der Waals surface area (Å²) >= 11 is 0. The zero-order valence-electron chi connectivity index (χ0n) is 17.2. The molecule has 2 aromatic carbocycles. The van der Waals surface area contributed by atoms with E-state index in [1.807, 2.05) is 31.2 Å². The van der Waals surface area contributed by atoms with E-state index in [-0.39, 0.29) is 11.0 Å². The number of rotatable bonds is 4. The molecule has 0 aliphatic rings. The van der Waals surface area contributed by atoms with Crippen molar-refractivity contribution in [3.63, 3.8) is 0 Å². The zero-order valence-corrected chi connectivity index (χ0v) is 18.2. The molecule has 26 heavy (non-hydrogen) atoms. The van der Waals surface area contributed by atoms with Crippen molar-refractivity contribution in [1.29, 1.82) is 0 Å². The third-order valence-corrected chi connectivity index (χ3v) is 9.83. The fourth-order valence-corrected chi connectivity index (χ4v) is 3.78. The maximum atomic E-state index is 12.0. The third kappa shape index (κ3) is 3.85. The first-order valence-corrected chi connectivity index (χ1v) is 11.9. The predicted octanol–water partition coefficient (Wildman–Crippen LogP) is 6.14. The average molecular weight is 371 g/mol. The number of carbonyl (C=O) groups is 1. The smallest absolute Gasteiger partial charge is 0.338 e. The van der Waals surface area contributed by atoms with Gasteiger partial charge in [0.05, 0.1) is 12.7 Å². The van der Waals surface area contributed by atoms with Crippen LogP contribution in [-0.2, 0) is 4.74 Å². The summed E-state index contributed by atoms with van der Waals surface area (Å²) in [4.78, 5) is 12.0. The first-order valence-electron chi connectivity index (χ1n) is 8.96. The highest BCUT2D eigenvalue weighted by Crippen LogP contribution is 2.40. The number of hydrogen-bond acceptors (Lipinski definition) is 3. The Hall–Kier alpha value is -2.07. The molecule has 0 aromatic heterocycles. The van der Waals surface area contributed by atoms with Crippen molar-refractivity contribution in [3.8, 4) is 16.9 Å². The monoisotopic (exact) mass is 370 g/mol. The van der Waals surface area contributed by atoms with Gasteiger partial charge in [-0.15, -0.1) is 0 Å². The molecule has 0 atom stereocenters. The van der Waals surface area contributed by atoms with Gasteiger partial charge >= 0.3 is 5.97 Å². The van der Waals surface area contributed by atoms with Crippen molar-refractivity contribution in [2.45, 2.75) is 52.8 Å². The van der Waals surface area contributed by atoms with Gasteiger partial charge in [0.2, 0.25) is 8.32 Å². The van der Waals surface area contributed by atoms with Crippen LogP contribution in [0.25, 0.3) is 11.1 Å². The summed E-state index contributed by atoms with van der Waals surface area (Å²) in [6, 6.07) is 11.9. The molecule has 2 aromatic rings. The normalized spacial score (nSPS) is 12.0. The molecule has 0 amide bonds. The maximum Gasteiger partial charge on any atom is 0.338 e. The van der Waals surface area contributed by atoms with Gasteiger partial charge in [-0.1, -0.05) is 45.0 Å². The lowest BCUT2D eigenvalue weighted by Crippen LogP contribution is -2.44. The van der Waals surface area contributed by atoms with Crippen LogP contribution in [0.4, 0.5) is 0 Å². The van der Waals surface area contributed by atoms with Crippen LogP contribution in [0.1, 0.15) is 42.3 Å². The molecule has 140 valence electrons. The molecule has 0 unspecified atom stereocenters. The molecule has 0 heterocycles. The van der Waals surface area contributed by atoms with E-state index in [0.29, 0.717) is 5.56 Å². The zero-order chi connectivity index (χ0) is 19.7. The fourth-order valence-electron chi connectivity index (χ4n) is 2.70. The van der Waals surface area contributed by atoms with Gasteiger partial charge in [0, 0.05) is 0 Å². The highest BCUT2D eigenvalue weighted by atomic mass is 28.4. The Bertz CT molecular complexity index is 817. The number of benzene rings is 2. The molecule has 0 bridgehead atoms. The second kappa shape index (κ2) is 7.27. The number of methoxy groups -OCH3 is 1. The van der Waals surface area contributed by atoms with E-state index < -0.39 is 8.32 Å². The SMILES string of the molecule is COC(=O)c1cccc(-c2cccc(O[Si](C)(C)C(C)(C)C)c2C)c1C. The fraction of sp³-hybridized carbons (Fsp3) is 0.409. The van der Waals surface area contributed by atoms with E-state index >= 15 is 0 Å². The Balaban J connectivity index is 2.53. The summed E-state index contributed by atoms with van der Waals surface area (Å²) in [5, 5.41) is 0.135. The quantitative estimate of drug-likeness (QED) is 0.479. The molecule has 0 spiro atoms. The van der Waals surface area contributed by atoms with Gasteiger partial charge in [-0.3, -0.25) is 0 Å². The largest absolute Gasteiger partial charge is 0.543 e. The van der Waals surface area contributed by atoms with Crippen LogP contribution >= 0.6 is 0 Å². The standard InChI is InChI=1S/C22H30O3Si/c1-15-17(11-9-13-19(15)21(23)24-6)18-12-10-14-20(16(18)2)25-26(7,8)22(3,4)5/h9-14H,1-8H3. The van der Waals surface area contributed by atoms with Crippen LogP contribution < -0.4 is 4.43 Å². The highest BCUT2D eigenvalue weighted by molar-refractivity contribution is 6.74. The van der Waals surface area contributed by atoms with Crippen molar-refractivity contribution >= 4 is 14.3 Å². The summed E-state index contributed by atoms with van der Waals surface area (Å²) in [5.41, 5.74) is 4.74. The Morgan fingerprint density at radius 3 is 2.00 bits per heavy atom. The molecule has 2 rings (SSSR count). The van der Waals surface area contributed by atoms with Crippen molar-refractivity contribution in [3.05, 3.63) is 53.1 Å². The number of ether oxygens (including phenoxy) is 1. The molecule has 4 heteroatoms.